The van der Waals surface area contributed by atoms with E-state index in [9.17, 15) is 4.79 Å². The van der Waals surface area contributed by atoms with Crippen LogP contribution in [0.3, 0.4) is 0 Å². The minimum atomic E-state index is -1.14. The first-order valence-corrected chi connectivity index (χ1v) is 4.60. The second-order valence-electron chi connectivity index (χ2n) is 3.30. The van der Waals surface area contributed by atoms with Crippen LogP contribution in [0.25, 0.3) is 16.4 Å². The van der Waals surface area contributed by atoms with Crippen LogP contribution in [0.5, 0.6) is 0 Å². The van der Waals surface area contributed by atoms with Crippen LogP contribution in [-0.2, 0) is 0 Å². The summed E-state index contributed by atoms with van der Waals surface area (Å²) in [5.74, 6) is -1.32. The van der Waals surface area contributed by atoms with Crippen molar-refractivity contribution in [3.63, 3.8) is 0 Å². The maximum atomic E-state index is 10.8. The predicted octanol–water partition coefficient (Wildman–Crippen LogP) is 0.976. The first-order valence-electron chi connectivity index (χ1n) is 4.60. The molecule has 0 saturated carbocycles. The molecule has 0 unspecified atom stereocenters. The molecule has 78 valence electrons. The van der Waals surface area contributed by atoms with Gasteiger partial charge in [-0.15, -0.1) is 10.2 Å². The lowest BCUT2D eigenvalue weighted by Crippen LogP contribution is -2.05. The smallest absolute Gasteiger partial charge is 0.375 e. The largest absolute Gasteiger partial charge is 0.475 e. The molecule has 6 nitrogen and oxygen atoms in total. The Morgan fingerprint density at radius 3 is 2.88 bits per heavy atom. The highest BCUT2D eigenvalue weighted by atomic mass is 16.4. The first-order chi connectivity index (χ1) is 7.77. The van der Waals surface area contributed by atoms with E-state index in [1.54, 1.807) is 6.20 Å². The number of carbonyl (C=O) groups is 1. The van der Waals surface area contributed by atoms with Crippen LogP contribution in [0.15, 0.2) is 30.5 Å². The van der Waals surface area contributed by atoms with Gasteiger partial charge in [0.25, 0.3) is 5.82 Å². The summed E-state index contributed by atoms with van der Waals surface area (Å²) in [6, 6.07) is 7.48. The van der Waals surface area contributed by atoms with Gasteiger partial charge in [0.2, 0.25) is 0 Å². The van der Waals surface area contributed by atoms with Gasteiger partial charge >= 0.3 is 5.97 Å². The van der Waals surface area contributed by atoms with Gasteiger partial charge < -0.3 is 5.11 Å². The van der Waals surface area contributed by atoms with Crippen molar-refractivity contribution >= 4 is 22.4 Å². The molecule has 2 heterocycles. The van der Waals surface area contributed by atoms with Gasteiger partial charge in [0.05, 0.1) is 6.20 Å². The van der Waals surface area contributed by atoms with E-state index < -0.39 is 5.97 Å². The summed E-state index contributed by atoms with van der Waals surface area (Å²) >= 11 is 0. The second kappa shape index (κ2) is 2.99. The van der Waals surface area contributed by atoms with Crippen LogP contribution in [0.2, 0.25) is 0 Å². The second-order valence-corrected chi connectivity index (χ2v) is 3.30. The molecule has 0 fully saturated rings. The minimum absolute atomic E-state index is 0.180. The molecule has 0 amide bonds. The molecule has 0 radical (unpaired) electrons. The van der Waals surface area contributed by atoms with Crippen LogP contribution in [0.4, 0.5) is 0 Å². The van der Waals surface area contributed by atoms with Gasteiger partial charge in [0.15, 0.2) is 5.65 Å². The third-order valence-corrected chi connectivity index (χ3v) is 2.35. The zero-order valence-corrected chi connectivity index (χ0v) is 8.03. The molecule has 3 rings (SSSR count). The van der Waals surface area contributed by atoms with Gasteiger partial charge in [-0.05, 0) is 0 Å². The van der Waals surface area contributed by atoms with Crippen LogP contribution < -0.4 is 0 Å². The highest BCUT2D eigenvalue weighted by Gasteiger charge is 2.15. The Hall–Kier alpha value is -2.50. The zero-order chi connectivity index (χ0) is 11.1. The topological polar surface area (TPSA) is 80.4 Å². The first kappa shape index (κ1) is 8.78. The third kappa shape index (κ3) is 1.07. The number of hydrogen-bond acceptors (Lipinski definition) is 4. The lowest BCUT2D eigenvalue weighted by Gasteiger charge is -1.98. The number of rotatable bonds is 1. The number of benzene rings is 1. The Kier molecular flexibility index (Phi) is 1.64. The van der Waals surface area contributed by atoms with Crippen molar-refractivity contribution in [3.8, 4) is 0 Å². The molecule has 2 aromatic heterocycles. The van der Waals surface area contributed by atoms with Crippen molar-refractivity contribution in [3.05, 3.63) is 36.3 Å². The number of fused-ring (bicyclic) bond motifs is 3. The Balaban J connectivity index is 2.49. The molecule has 0 aliphatic carbocycles. The number of aromatic nitrogens is 4. The molecule has 0 aliphatic rings. The maximum absolute atomic E-state index is 10.8. The van der Waals surface area contributed by atoms with Crippen molar-refractivity contribution in [2.45, 2.75) is 0 Å². The maximum Gasteiger partial charge on any atom is 0.375 e. The minimum Gasteiger partial charge on any atom is -0.475 e. The highest BCUT2D eigenvalue weighted by Crippen LogP contribution is 2.16. The van der Waals surface area contributed by atoms with E-state index >= 15 is 0 Å². The fraction of sp³-hybridized carbons (Fsp3) is 0. The number of hydrogen-bond donors (Lipinski definition) is 1. The zero-order valence-electron chi connectivity index (χ0n) is 8.03. The fourth-order valence-electron chi connectivity index (χ4n) is 1.62. The van der Waals surface area contributed by atoms with Crippen LogP contribution in [0.1, 0.15) is 10.6 Å². The van der Waals surface area contributed by atoms with Gasteiger partial charge in [0.1, 0.15) is 0 Å². The van der Waals surface area contributed by atoms with Gasteiger partial charge in [0, 0.05) is 10.8 Å². The predicted molar refractivity (Wildman–Crippen MR) is 55.2 cm³/mol. The summed E-state index contributed by atoms with van der Waals surface area (Å²) in [7, 11) is 0. The highest BCUT2D eigenvalue weighted by molar-refractivity contribution is 5.94. The van der Waals surface area contributed by atoms with Crippen molar-refractivity contribution in [2.24, 2.45) is 0 Å². The third-order valence-electron chi connectivity index (χ3n) is 2.35. The molecule has 0 saturated heterocycles. The van der Waals surface area contributed by atoms with Gasteiger partial charge in [-0.3, -0.25) is 0 Å². The van der Waals surface area contributed by atoms with E-state index in [0.29, 0.717) is 5.65 Å². The van der Waals surface area contributed by atoms with Crippen LogP contribution >= 0.6 is 0 Å². The molecule has 3 aromatic rings. The molecule has 6 heteroatoms. The summed E-state index contributed by atoms with van der Waals surface area (Å²) < 4.78 is 1.23. The van der Waals surface area contributed by atoms with Gasteiger partial charge in [-0.1, -0.05) is 24.3 Å². The summed E-state index contributed by atoms with van der Waals surface area (Å²) in [5.41, 5.74) is 0.454. The molecular weight excluding hydrogens is 208 g/mol. The van der Waals surface area contributed by atoms with Crippen molar-refractivity contribution in [1.82, 2.24) is 19.8 Å². The van der Waals surface area contributed by atoms with Crippen molar-refractivity contribution in [1.29, 1.82) is 0 Å². The molecule has 1 aromatic carbocycles. The normalized spacial score (nSPS) is 11.0. The molecule has 0 spiro atoms. The van der Waals surface area contributed by atoms with Crippen molar-refractivity contribution < 1.29 is 9.90 Å². The molecule has 16 heavy (non-hydrogen) atoms. The van der Waals surface area contributed by atoms with Gasteiger partial charge in [-0.25, -0.2) is 4.79 Å². The van der Waals surface area contributed by atoms with E-state index in [0.717, 1.165) is 10.8 Å². The summed E-state index contributed by atoms with van der Waals surface area (Å²) in [6.07, 6.45) is 1.60. The molecule has 0 bridgehead atoms. The summed E-state index contributed by atoms with van der Waals surface area (Å²) in [4.78, 5) is 10.8. The number of carboxylic acids is 1. The molecular formula is C10H6N4O2. The SMILES string of the molecule is O=C(O)c1nnc2c3ccccc3cnn12. The Morgan fingerprint density at radius 2 is 2.06 bits per heavy atom. The van der Waals surface area contributed by atoms with Crippen molar-refractivity contribution in [2.75, 3.05) is 0 Å². The van der Waals surface area contributed by atoms with E-state index in [4.69, 9.17) is 5.11 Å². The van der Waals surface area contributed by atoms with E-state index in [1.807, 2.05) is 24.3 Å². The average Bonchev–Trinajstić information content (AvgIpc) is 2.73. The summed E-state index contributed by atoms with van der Waals surface area (Å²) in [6.45, 7) is 0. The van der Waals surface area contributed by atoms with E-state index in [1.165, 1.54) is 4.52 Å². The standard InChI is InChI=1S/C10H6N4O2/c15-10(16)9-13-12-8-7-4-2-1-3-6(7)5-11-14(8)9/h1-5H,(H,15,16). The Bertz CT molecular complexity index is 704. The quantitative estimate of drug-likeness (QED) is 0.653. The van der Waals surface area contributed by atoms with Gasteiger partial charge in [-0.2, -0.15) is 9.61 Å². The van der Waals surface area contributed by atoms with E-state index in [2.05, 4.69) is 15.3 Å². The lowest BCUT2D eigenvalue weighted by atomic mass is 10.2. The lowest BCUT2D eigenvalue weighted by molar-refractivity contribution is 0.0680. The number of aromatic carboxylic acids is 1. The Labute approximate surface area is 89.1 Å². The Morgan fingerprint density at radius 1 is 1.25 bits per heavy atom. The molecule has 1 N–H and O–H groups in total. The molecule has 0 atom stereocenters. The van der Waals surface area contributed by atoms with Crippen LogP contribution in [-0.4, -0.2) is 30.9 Å². The molecule has 0 aliphatic heterocycles. The monoisotopic (exact) mass is 214 g/mol. The number of carboxylic acid groups (broad SMARTS) is 1. The van der Waals surface area contributed by atoms with Crippen LogP contribution in [0, 0.1) is 0 Å². The average molecular weight is 214 g/mol. The fourth-order valence-corrected chi connectivity index (χ4v) is 1.62. The summed E-state index contributed by atoms with van der Waals surface area (Å²) in [5, 5.41) is 22.0. The van der Waals surface area contributed by atoms with E-state index in [-0.39, 0.29) is 5.82 Å². The number of nitrogens with zero attached hydrogens (tertiary/aromatic N) is 4.